The van der Waals surface area contributed by atoms with Gasteiger partial charge in [-0.3, -0.25) is 0 Å². The summed E-state index contributed by atoms with van der Waals surface area (Å²) < 4.78 is 31.8. The Labute approximate surface area is 131 Å². The molecule has 0 unspecified atom stereocenters. The molecule has 8 heteroatoms. The van der Waals surface area contributed by atoms with E-state index < -0.39 is 15.6 Å². The molecule has 0 amide bonds. The molecule has 1 aliphatic rings. The molecule has 120 valence electrons. The fraction of sp³-hybridized carbons (Fsp3) is 0.615. The van der Waals surface area contributed by atoms with Crippen LogP contribution in [0.2, 0.25) is 0 Å². The van der Waals surface area contributed by atoms with Crippen LogP contribution in [0.4, 0.5) is 0 Å². The van der Waals surface area contributed by atoms with Crippen LogP contribution in [0.25, 0.3) is 0 Å². The summed E-state index contributed by atoms with van der Waals surface area (Å²) >= 11 is 0. The number of rotatable bonds is 5. The minimum absolute atomic E-state index is 0. The van der Waals surface area contributed by atoms with Gasteiger partial charge < -0.3 is 10.5 Å². The molecule has 0 saturated heterocycles. The van der Waals surface area contributed by atoms with E-state index in [-0.39, 0.29) is 23.8 Å². The van der Waals surface area contributed by atoms with E-state index in [1.165, 1.54) is 31.9 Å². The Morgan fingerprint density at radius 1 is 1.33 bits per heavy atom. The second-order valence-corrected chi connectivity index (χ2v) is 7.05. The molecule has 6 nitrogen and oxygen atoms in total. The van der Waals surface area contributed by atoms with Crippen LogP contribution < -0.4 is 15.2 Å². The zero-order chi connectivity index (χ0) is 14.6. The molecule has 1 aliphatic carbocycles. The van der Waals surface area contributed by atoms with Crippen LogP contribution in [0, 0.1) is 0 Å². The van der Waals surface area contributed by atoms with E-state index in [4.69, 9.17) is 10.5 Å². The molecule has 1 aromatic heterocycles. The Balaban J connectivity index is 0.00000220. The minimum atomic E-state index is -3.57. The first-order chi connectivity index (χ1) is 9.45. The minimum Gasteiger partial charge on any atom is -0.481 e. The molecular formula is C13H22ClN3O3S. The molecular weight excluding hydrogens is 314 g/mol. The van der Waals surface area contributed by atoms with Crippen LogP contribution in [0.15, 0.2) is 23.2 Å². The van der Waals surface area contributed by atoms with Gasteiger partial charge in [-0.2, -0.15) is 0 Å². The molecule has 1 heterocycles. The van der Waals surface area contributed by atoms with Crippen molar-refractivity contribution >= 4 is 22.4 Å². The largest absolute Gasteiger partial charge is 0.481 e. The molecule has 1 saturated carbocycles. The summed E-state index contributed by atoms with van der Waals surface area (Å²) in [4.78, 5) is 4.03. The molecule has 1 fully saturated rings. The molecule has 0 spiro atoms. The fourth-order valence-electron chi connectivity index (χ4n) is 2.40. The van der Waals surface area contributed by atoms with E-state index in [1.807, 2.05) is 0 Å². The van der Waals surface area contributed by atoms with Crippen LogP contribution in [0.3, 0.4) is 0 Å². The van der Waals surface area contributed by atoms with E-state index in [0.29, 0.717) is 5.88 Å². The number of hydrogen-bond donors (Lipinski definition) is 2. The van der Waals surface area contributed by atoms with Gasteiger partial charge in [0.15, 0.2) is 0 Å². The van der Waals surface area contributed by atoms with E-state index in [9.17, 15) is 8.42 Å². The molecule has 0 aromatic carbocycles. The van der Waals surface area contributed by atoms with Gasteiger partial charge in [-0.15, -0.1) is 12.4 Å². The third-order valence-electron chi connectivity index (χ3n) is 3.69. The maximum atomic E-state index is 12.2. The van der Waals surface area contributed by atoms with Gasteiger partial charge >= 0.3 is 0 Å². The maximum absolute atomic E-state index is 12.2. The maximum Gasteiger partial charge on any atom is 0.242 e. The lowest BCUT2D eigenvalue weighted by Gasteiger charge is -2.33. The SMILES string of the molecule is COc1ccc(S(=O)(=O)NCC2(N)CCCCC2)cn1.Cl. The van der Waals surface area contributed by atoms with Crippen molar-refractivity contribution in [2.24, 2.45) is 5.73 Å². The second kappa shape index (κ2) is 7.40. The number of methoxy groups -OCH3 is 1. The van der Waals surface area contributed by atoms with Crippen LogP contribution >= 0.6 is 12.4 Å². The highest BCUT2D eigenvalue weighted by Crippen LogP contribution is 2.25. The van der Waals surface area contributed by atoms with Crippen LogP contribution in [0.5, 0.6) is 5.88 Å². The van der Waals surface area contributed by atoms with Crippen molar-refractivity contribution in [3.05, 3.63) is 18.3 Å². The predicted molar refractivity (Wildman–Crippen MR) is 83.2 cm³/mol. The lowest BCUT2D eigenvalue weighted by atomic mass is 9.83. The van der Waals surface area contributed by atoms with Gasteiger partial charge in [0.2, 0.25) is 15.9 Å². The van der Waals surface area contributed by atoms with Crippen molar-refractivity contribution in [1.29, 1.82) is 0 Å². The lowest BCUT2D eigenvalue weighted by Crippen LogP contribution is -2.51. The van der Waals surface area contributed by atoms with E-state index in [1.54, 1.807) is 0 Å². The molecule has 21 heavy (non-hydrogen) atoms. The molecule has 0 radical (unpaired) electrons. The number of nitrogens with zero attached hydrogens (tertiary/aromatic N) is 1. The van der Waals surface area contributed by atoms with E-state index >= 15 is 0 Å². The van der Waals surface area contributed by atoms with Crippen molar-refractivity contribution in [3.63, 3.8) is 0 Å². The van der Waals surface area contributed by atoms with Gasteiger partial charge in [0, 0.05) is 18.2 Å². The number of ether oxygens (including phenoxy) is 1. The Hall–Kier alpha value is -0.890. The molecule has 1 aromatic rings. The molecule has 2 rings (SSSR count). The van der Waals surface area contributed by atoms with Crippen LogP contribution in [0.1, 0.15) is 32.1 Å². The van der Waals surface area contributed by atoms with Crippen molar-refractivity contribution in [1.82, 2.24) is 9.71 Å². The van der Waals surface area contributed by atoms with Crippen molar-refractivity contribution < 1.29 is 13.2 Å². The van der Waals surface area contributed by atoms with Gasteiger partial charge in [-0.25, -0.2) is 18.1 Å². The van der Waals surface area contributed by atoms with E-state index in [2.05, 4.69) is 9.71 Å². The monoisotopic (exact) mass is 335 g/mol. The van der Waals surface area contributed by atoms with Gasteiger partial charge in [0.25, 0.3) is 0 Å². The van der Waals surface area contributed by atoms with Gasteiger partial charge in [-0.05, 0) is 18.9 Å². The summed E-state index contributed by atoms with van der Waals surface area (Å²) in [5, 5.41) is 0. The van der Waals surface area contributed by atoms with Gasteiger partial charge in [-0.1, -0.05) is 19.3 Å². The first-order valence-electron chi connectivity index (χ1n) is 6.74. The first-order valence-corrected chi connectivity index (χ1v) is 8.22. The quantitative estimate of drug-likeness (QED) is 0.849. The number of nitrogens with two attached hydrogens (primary N) is 1. The standard InChI is InChI=1S/C13H21N3O3S.ClH/c1-19-12-6-5-11(9-15-12)20(17,18)16-10-13(14)7-3-2-4-8-13;/h5-6,9,16H,2-4,7-8,10,14H2,1H3;1H. The predicted octanol–water partition coefficient (Wildman–Crippen LogP) is 1.45. The number of halogens is 1. The Morgan fingerprint density at radius 2 is 2.00 bits per heavy atom. The highest BCUT2D eigenvalue weighted by molar-refractivity contribution is 7.89. The highest BCUT2D eigenvalue weighted by Gasteiger charge is 2.29. The number of hydrogen-bond acceptors (Lipinski definition) is 5. The number of sulfonamides is 1. The smallest absolute Gasteiger partial charge is 0.242 e. The summed E-state index contributed by atoms with van der Waals surface area (Å²) in [7, 11) is -2.09. The number of nitrogens with one attached hydrogen (secondary N) is 1. The van der Waals surface area contributed by atoms with Gasteiger partial charge in [0.05, 0.1) is 13.3 Å². The molecule has 0 bridgehead atoms. The summed E-state index contributed by atoms with van der Waals surface area (Å²) in [5.41, 5.74) is 5.80. The first kappa shape index (κ1) is 18.2. The average molecular weight is 336 g/mol. The molecule has 3 N–H and O–H groups in total. The zero-order valence-corrected chi connectivity index (χ0v) is 13.7. The topological polar surface area (TPSA) is 94.3 Å². The van der Waals surface area contributed by atoms with Crippen LogP contribution in [-0.2, 0) is 10.0 Å². The normalized spacial score (nSPS) is 17.8. The fourth-order valence-corrected chi connectivity index (χ4v) is 3.48. The van der Waals surface area contributed by atoms with Crippen molar-refractivity contribution in [3.8, 4) is 5.88 Å². The number of pyridine rings is 1. The highest BCUT2D eigenvalue weighted by atomic mass is 35.5. The summed E-state index contributed by atoms with van der Waals surface area (Å²) in [6, 6.07) is 2.99. The lowest BCUT2D eigenvalue weighted by molar-refractivity contribution is 0.296. The Kier molecular flexibility index (Phi) is 6.40. The second-order valence-electron chi connectivity index (χ2n) is 5.28. The summed E-state index contributed by atoms with van der Waals surface area (Å²) in [5.74, 6) is 0.381. The Bertz CT molecular complexity index is 542. The van der Waals surface area contributed by atoms with Crippen molar-refractivity contribution in [2.75, 3.05) is 13.7 Å². The summed E-state index contributed by atoms with van der Waals surface area (Å²) in [6.07, 6.45) is 6.29. The third kappa shape index (κ3) is 4.81. The summed E-state index contributed by atoms with van der Waals surface area (Å²) in [6.45, 7) is 0.265. The Morgan fingerprint density at radius 3 is 2.52 bits per heavy atom. The zero-order valence-electron chi connectivity index (χ0n) is 12.0. The average Bonchev–Trinajstić information content (AvgIpc) is 2.46. The van der Waals surface area contributed by atoms with Crippen LogP contribution in [-0.4, -0.2) is 32.6 Å². The molecule has 0 aliphatic heterocycles. The van der Waals surface area contributed by atoms with Crippen molar-refractivity contribution in [2.45, 2.75) is 42.5 Å². The number of aromatic nitrogens is 1. The molecule has 0 atom stereocenters. The van der Waals surface area contributed by atoms with E-state index in [0.717, 1.165) is 25.7 Å². The van der Waals surface area contributed by atoms with Gasteiger partial charge in [0.1, 0.15) is 4.90 Å². The third-order valence-corrected chi connectivity index (χ3v) is 5.08.